The number of hydrogen-bond donors (Lipinski definition) is 2. The molecule has 0 saturated heterocycles. The number of aliphatic hydroxyl groups is 1. The third kappa shape index (κ3) is 3.60. The first kappa shape index (κ1) is 17.8. The number of aliphatic hydroxyl groups excluding tert-OH is 1. The van der Waals surface area contributed by atoms with Crippen LogP contribution in [-0.2, 0) is 6.61 Å². The maximum Gasteiger partial charge on any atom is 0.387 e. The molecule has 4 rings (SSSR count). The largest absolute Gasteiger partial charge is 0.435 e. The van der Waals surface area contributed by atoms with Crippen LogP contribution < -0.4 is 10.1 Å². The van der Waals surface area contributed by atoms with E-state index < -0.39 is 6.61 Å². The highest BCUT2D eigenvalue weighted by molar-refractivity contribution is 5.66. The summed E-state index contributed by atoms with van der Waals surface area (Å²) in [6, 6.07) is 11.6. The first-order valence-corrected chi connectivity index (χ1v) is 8.35. The maximum atomic E-state index is 12.2. The average molecular weight is 383 g/mol. The molecule has 7 nitrogen and oxygen atoms in total. The van der Waals surface area contributed by atoms with Crippen molar-refractivity contribution in [2.24, 2.45) is 0 Å². The molecule has 0 unspecified atom stereocenters. The van der Waals surface area contributed by atoms with Crippen LogP contribution in [-0.4, -0.2) is 31.1 Å². The highest BCUT2D eigenvalue weighted by Gasteiger charge is 2.15. The Morgan fingerprint density at radius 1 is 1.07 bits per heavy atom. The van der Waals surface area contributed by atoms with Crippen molar-refractivity contribution in [2.75, 3.05) is 5.32 Å². The van der Waals surface area contributed by atoms with Crippen molar-refractivity contribution in [3.63, 3.8) is 0 Å². The summed E-state index contributed by atoms with van der Waals surface area (Å²) in [6.45, 7) is -3.10. The van der Waals surface area contributed by atoms with Crippen LogP contribution in [0.4, 0.5) is 20.3 Å². The Labute approximate surface area is 158 Å². The van der Waals surface area contributed by atoms with Crippen molar-refractivity contribution in [2.45, 2.75) is 13.2 Å². The van der Waals surface area contributed by atoms with E-state index in [-0.39, 0.29) is 12.4 Å². The van der Waals surface area contributed by atoms with Crippen molar-refractivity contribution in [1.29, 1.82) is 0 Å². The molecule has 0 saturated carbocycles. The van der Waals surface area contributed by atoms with Crippen LogP contribution in [0.25, 0.3) is 17.0 Å². The number of nitrogens with zero attached hydrogens (tertiary/aromatic N) is 4. The lowest BCUT2D eigenvalue weighted by Crippen LogP contribution is -2.02. The van der Waals surface area contributed by atoms with Gasteiger partial charge in [-0.2, -0.15) is 8.78 Å². The van der Waals surface area contributed by atoms with Gasteiger partial charge in [0, 0.05) is 11.9 Å². The molecule has 28 heavy (non-hydrogen) atoms. The van der Waals surface area contributed by atoms with Crippen LogP contribution in [0.2, 0.25) is 0 Å². The molecular weight excluding hydrogens is 368 g/mol. The van der Waals surface area contributed by atoms with Crippen molar-refractivity contribution >= 4 is 17.2 Å². The van der Waals surface area contributed by atoms with E-state index >= 15 is 0 Å². The van der Waals surface area contributed by atoms with Crippen LogP contribution in [0.1, 0.15) is 5.69 Å². The van der Waals surface area contributed by atoms with E-state index in [0.717, 1.165) is 0 Å². The Kier molecular flexibility index (Phi) is 4.81. The molecule has 0 bridgehead atoms. The van der Waals surface area contributed by atoms with Gasteiger partial charge in [0.05, 0.1) is 30.4 Å². The lowest BCUT2D eigenvalue weighted by atomic mass is 10.2. The molecule has 0 aliphatic carbocycles. The molecule has 142 valence electrons. The summed E-state index contributed by atoms with van der Waals surface area (Å²) in [5, 5.41) is 12.7. The third-order valence-electron chi connectivity index (χ3n) is 3.98. The number of alkyl halides is 2. The number of benzene rings is 1. The van der Waals surface area contributed by atoms with Gasteiger partial charge in [0.1, 0.15) is 22.9 Å². The molecule has 0 spiro atoms. The smallest absolute Gasteiger partial charge is 0.387 e. The van der Waals surface area contributed by atoms with Crippen LogP contribution in [0.15, 0.2) is 61.1 Å². The fraction of sp³-hybridized carbons (Fsp3) is 0.105. The number of rotatable bonds is 6. The molecule has 3 heterocycles. The summed E-state index contributed by atoms with van der Waals surface area (Å²) in [5.74, 6) is 0.522. The van der Waals surface area contributed by atoms with Gasteiger partial charge in [-0.1, -0.05) is 6.07 Å². The highest BCUT2D eigenvalue weighted by Crippen LogP contribution is 2.25. The summed E-state index contributed by atoms with van der Waals surface area (Å²) in [6.07, 6.45) is 4.95. The maximum absolute atomic E-state index is 12.2. The van der Waals surface area contributed by atoms with Crippen LogP contribution >= 0.6 is 0 Å². The van der Waals surface area contributed by atoms with E-state index in [9.17, 15) is 13.9 Å². The lowest BCUT2D eigenvalue weighted by molar-refractivity contribution is -0.0498. The second-order valence-electron chi connectivity index (χ2n) is 5.81. The van der Waals surface area contributed by atoms with Crippen LogP contribution in [0.5, 0.6) is 5.75 Å². The Morgan fingerprint density at radius 2 is 1.89 bits per heavy atom. The molecule has 4 aromatic rings. The quantitative estimate of drug-likeness (QED) is 0.529. The van der Waals surface area contributed by atoms with Crippen molar-refractivity contribution in [3.8, 4) is 17.1 Å². The number of ether oxygens (including phenoxy) is 1. The van der Waals surface area contributed by atoms with E-state index in [1.165, 1.54) is 18.3 Å². The lowest BCUT2D eigenvalue weighted by Gasteiger charge is -2.09. The van der Waals surface area contributed by atoms with Gasteiger partial charge >= 0.3 is 6.61 Å². The molecule has 0 radical (unpaired) electrons. The molecule has 1 aromatic carbocycles. The minimum absolute atomic E-state index is 0.0682. The van der Waals surface area contributed by atoms with Gasteiger partial charge in [0.2, 0.25) is 0 Å². The van der Waals surface area contributed by atoms with Gasteiger partial charge < -0.3 is 15.2 Å². The number of halogens is 2. The number of fused-ring (bicyclic) bond motifs is 1. The summed E-state index contributed by atoms with van der Waals surface area (Å²) >= 11 is 0. The third-order valence-corrected chi connectivity index (χ3v) is 3.98. The topological polar surface area (TPSA) is 84.6 Å². The molecule has 0 aliphatic rings. The minimum atomic E-state index is -2.87. The standard InChI is InChI=1S/C19H15F2N5O2/c20-19(21)28-13-6-4-12(5-7-13)23-16-10-22-9-14(24-16)18-15(11-27)25-17-3-1-2-8-26(17)18/h1-10,19,27H,11H2,(H,23,24). The van der Waals surface area contributed by atoms with E-state index in [2.05, 4.69) is 25.0 Å². The summed E-state index contributed by atoms with van der Waals surface area (Å²) in [7, 11) is 0. The Bertz CT molecular complexity index is 1100. The number of aromatic nitrogens is 4. The minimum Gasteiger partial charge on any atom is -0.435 e. The molecule has 0 atom stereocenters. The predicted octanol–water partition coefficient (Wildman–Crippen LogP) is 3.63. The zero-order chi connectivity index (χ0) is 19.5. The first-order chi connectivity index (χ1) is 13.6. The second kappa shape index (κ2) is 7.57. The number of pyridine rings is 1. The Morgan fingerprint density at radius 3 is 2.64 bits per heavy atom. The Balaban J connectivity index is 1.64. The average Bonchev–Trinajstić information content (AvgIpc) is 3.08. The van der Waals surface area contributed by atoms with Gasteiger partial charge in [-0.15, -0.1) is 0 Å². The number of hydrogen-bond acceptors (Lipinski definition) is 6. The summed E-state index contributed by atoms with van der Waals surface area (Å²) in [4.78, 5) is 13.2. The zero-order valence-corrected chi connectivity index (χ0v) is 14.5. The van der Waals surface area contributed by atoms with Crippen molar-refractivity contribution in [3.05, 3.63) is 66.7 Å². The Hall–Kier alpha value is -3.59. The van der Waals surface area contributed by atoms with E-state index in [4.69, 9.17) is 0 Å². The normalized spacial score (nSPS) is 11.1. The molecule has 0 aliphatic heterocycles. The van der Waals surface area contributed by atoms with E-state index in [0.29, 0.717) is 34.2 Å². The number of imidazole rings is 1. The van der Waals surface area contributed by atoms with E-state index in [1.807, 2.05) is 28.8 Å². The van der Waals surface area contributed by atoms with Gasteiger partial charge in [-0.25, -0.2) is 9.97 Å². The molecule has 9 heteroatoms. The van der Waals surface area contributed by atoms with Crippen molar-refractivity contribution in [1.82, 2.24) is 19.4 Å². The van der Waals surface area contributed by atoms with Crippen LogP contribution in [0.3, 0.4) is 0 Å². The van der Waals surface area contributed by atoms with Gasteiger partial charge in [0.25, 0.3) is 0 Å². The molecule has 0 amide bonds. The number of anilines is 2. The monoisotopic (exact) mass is 383 g/mol. The summed E-state index contributed by atoms with van der Waals surface area (Å²) in [5.41, 5.74) is 3.00. The molecular formula is C19H15F2N5O2. The molecule has 0 fully saturated rings. The molecule has 2 N–H and O–H groups in total. The van der Waals surface area contributed by atoms with Crippen molar-refractivity contribution < 1.29 is 18.6 Å². The second-order valence-corrected chi connectivity index (χ2v) is 5.81. The first-order valence-electron chi connectivity index (χ1n) is 8.35. The highest BCUT2D eigenvalue weighted by atomic mass is 19.3. The van der Waals surface area contributed by atoms with Gasteiger partial charge in [-0.3, -0.25) is 9.38 Å². The van der Waals surface area contributed by atoms with Crippen LogP contribution in [0, 0.1) is 0 Å². The fourth-order valence-electron chi connectivity index (χ4n) is 2.83. The zero-order valence-electron chi connectivity index (χ0n) is 14.5. The predicted molar refractivity (Wildman–Crippen MR) is 98.5 cm³/mol. The molecule has 3 aromatic heterocycles. The number of nitrogens with one attached hydrogen (secondary N) is 1. The SMILES string of the molecule is OCc1nc2ccccn2c1-c1cncc(Nc2ccc(OC(F)F)cc2)n1. The van der Waals surface area contributed by atoms with Gasteiger partial charge in [0.15, 0.2) is 0 Å². The fourth-order valence-corrected chi connectivity index (χ4v) is 2.83. The van der Waals surface area contributed by atoms with Gasteiger partial charge in [-0.05, 0) is 36.4 Å². The summed E-state index contributed by atoms with van der Waals surface area (Å²) < 4.78 is 30.6. The van der Waals surface area contributed by atoms with E-state index in [1.54, 1.807) is 18.3 Å².